The minimum absolute atomic E-state index is 0. The Labute approximate surface area is 88.6 Å². The molecule has 0 saturated heterocycles. The van der Waals surface area contributed by atoms with Gasteiger partial charge >= 0.3 is 0 Å². The van der Waals surface area contributed by atoms with E-state index in [2.05, 4.69) is 9.47 Å². The second kappa shape index (κ2) is 15.3. The summed E-state index contributed by atoms with van der Waals surface area (Å²) in [7, 11) is 0. The van der Waals surface area contributed by atoms with Crippen LogP contribution in [0.2, 0.25) is 0 Å². The van der Waals surface area contributed by atoms with Crippen molar-refractivity contribution in [3.05, 3.63) is 0 Å². The van der Waals surface area contributed by atoms with E-state index in [0.717, 1.165) is 0 Å². The molecule has 0 saturated carbocycles. The van der Waals surface area contributed by atoms with Gasteiger partial charge < -0.3 is 9.47 Å². The normalized spacial score (nSPS) is 12.0. The van der Waals surface area contributed by atoms with Gasteiger partial charge in [0.1, 0.15) is 0 Å². The van der Waals surface area contributed by atoms with Crippen LogP contribution < -0.4 is 0 Å². The summed E-state index contributed by atoms with van der Waals surface area (Å²) in [5.41, 5.74) is 0. The standard InChI is InChI=1S/C6H12F2O2.4CH4/c1-3-6(2,8)10-5-9-4-7;;;;/h3-5H2,1-2H3;4*1H4. The largest absolute Gasteiger partial charge is 0.324 e. The lowest BCUT2D eigenvalue weighted by Gasteiger charge is -2.17. The van der Waals surface area contributed by atoms with E-state index < -0.39 is 12.7 Å². The molecule has 0 aliphatic rings. The van der Waals surface area contributed by atoms with E-state index >= 15 is 0 Å². The number of halogens is 2. The van der Waals surface area contributed by atoms with E-state index in [1.807, 2.05) is 0 Å². The molecule has 0 aliphatic carbocycles. The topological polar surface area (TPSA) is 18.5 Å². The van der Waals surface area contributed by atoms with Gasteiger partial charge in [0, 0.05) is 6.42 Å². The Hall–Kier alpha value is -0.220. The summed E-state index contributed by atoms with van der Waals surface area (Å²) >= 11 is 0. The van der Waals surface area contributed by atoms with Gasteiger partial charge in [0.2, 0.25) is 5.85 Å². The average molecular weight is 218 g/mol. The van der Waals surface area contributed by atoms with E-state index in [4.69, 9.17) is 0 Å². The van der Waals surface area contributed by atoms with Gasteiger partial charge in [-0.25, -0.2) is 8.78 Å². The molecule has 0 aromatic heterocycles. The maximum atomic E-state index is 12.7. The summed E-state index contributed by atoms with van der Waals surface area (Å²) < 4.78 is 32.6. The van der Waals surface area contributed by atoms with Crippen molar-refractivity contribution in [3.8, 4) is 0 Å². The molecule has 2 nitrogen and oxygen atoms in total. The first-order valence-electron chi connectivity index (χ1n) is 3.09. The Kier molecular flexibility index (Phi) is 31.8. The highest BCUT2D eigenvalue weighted by Gasteiger charge is 2.20. The van der Waals surface area contributed by atoms with Crippen LogP contribution in [0.5, 0.6) is 0 Å². The molecule has 0 aromatic rings. The van der Waals surface area contributed by atoms with Crippen LogP contribution in [0.4, 0.5) is 8.78 Å². The van der Waals surface area contributed by atoms with Crippen LogP contribution in [0.1, 0.15) is 50.0 Å². The lowest BCUT2D eigenvalue weighted by Crippen LogP contribution is -2.22. The SMILES string of the molecule is C.C.C.C.CCC(C)(F)OCOCF. The smallest absolute Gasteiger partial charge is 0.208 e. The zero-order chi connectivity index (χ0) is 8.04. The summed E-state index contributed by atoms with van der Waals surface area (Å²) in [4.78, 5) is 0. The molecule has 94 valence electrons. The first-order valence-corrected chi connectivity index (χ1v) is 3.09. The van der Waals surface area contributed by atoms with Gasteiger partial charge in [-0.15, -0.1) is 0 Å². The third kappa shape index (κ3) is 17.8. The molecule has 0 radical (unpaired) electrons. The molecule has 14 heavy (non-hydrogen) atoms. The Bertz CT molecular complexity index is 88.2. The molecule has 1 atom stereocenters. The van der Waals surface area contributed by atoms with Crippen molar-refractivity contribution < 1.29 is 18.3 Å². The Morgan fingerprint density at radius 1 is 1.14 bits per heavy atom. The van der Waals surface area contributed by atoms with Crippen LogP contribution in [-0.2, 0) is 9.47 Å². The fourth-order valence-electron chi connectivity index (χ4n) is 0.298. The van der Waals surface area contributed by atoms with Gasteiger partial charge in [-0.1, -0.05) is 36.6 Å². The predicted octanol–water partition coefficient (Wildman–Crippen LogP) is 4.54. The first kappa shape index (κ1) is 29.2. The highest BCUT2D eigenvalue weighted by molar-refractivity contribution is 4.53. The third-order valence-corrected chi connectivity index (χ3v) is 1.15. The molecular weight excluding hydrogens is 190 g/mol. The van der Waals surface area contributed by atoms with Crippen molar-refractivity contribution in [2.75, 3.05) is 13.7 Å². The maximum Gasteiger partial charge on any atom is 0.208 e. The van der Waals surface area contributed by atoms with Crippen molar-refractivity contribution in [1.82, 2.24) is 0 Å². The quantitative estimate of drug-likeness (QED) is 0.498. The van der Waals surface area contributed by atoms with Crippen molar-refractivity contribution >= 4 is 0 Å². The van der Waals surface area contributed by atoms with Crippen LogP contribution in [0.3, 0.4) is 0 Å². The van der Waals surface area contributed by atoms with E-state index in [1.165, 1.54) is 6.92 Å². The minimum atomic E-state index is -1.70. The molecule has 0 aliphatic heterocycles. The number of ether oxygens (including phenoxy) is 2. The summed E-state index contributed by atoms with van der Waals surface area (Å²) in [6, 6.07) is 0. The summed E-state index contributed by atoms with van der Waals surface area (Å²) in [5.74, 6) is -1.70. The molecule has 0 spiro atoms. The third-order valence-electron chi connectivity index (χ3n) is 1.15. The molecule has 0 heterocycles. The molecule has 0 rings (SSSR count). The van der Waals surface area contributed by atoms with Crippen molar-refractivity contribution in [3.63, 3.8) is 0 Å². The van der Waals surface area contributed by atoms with Gasteiger partial charge in [0.05, 0.1) is 0 Å². The monoisotopic (exact) mass is 218 g/mol. The van der Waals surface area contributed by atoms with Crippen LogP contribution in [-0.4, -0.2) is 19.5 Å². The predicted molar refractivity (Wildman–Crippen MR) is 59.7 cm³/mol. The lowest BCUT2D eigenvalue weighted by atomic mass is 10.3. The summed E-state index contributed by atoms with van der Waals surface area (Å²) in [6.45, 7) is 1.63. The Morgan fingerprint density at radius 2 is 1.57 bits per heavy atom. The minimum Gasteiger partial charge on any atom is -0.324 e. The van der Waals surface area contributed by atoms with Crippen LogP contribution in [0.25, 0.3) is 0 Å². The number of alkyl halides is 2. The van der Waals surface area contributed by atoms with Crippen molar-refractivity contribution in [2.24, 2.45) is 0 Å². The maximum absolute atomic E-state index is 12.7. The summed E-state index contributed by atoms with van der Waals surface area (Å²) in [5, 5.41) is 0. The van der Waals surface area contributed by atoms with Crippen molar-refractivity contribution in [1.29, 1.82) is 0 Å². The van der Waals surface area contributed by atoms with Crippen molar-refractivity contribution in [2.45, 2.75) is 55.8 Å². The first-order chi connectivity index (χ1) is 4.62. The zero-order valence-electron chi connectivity index (χ0n) is 6.19. The van der Waals surface area contributed by atoms with Gasteiger partial charge in [-0.05, 0) is 6.92 Å². The van der Waals surface area contributed by atoms with Gasteiger partial charge in [0.15, 0.2) is 13.7 Å². The Balaban J connectivity index is -0.0000000675. The van der Waals surface area contributed by atoms with E-state index in [0.29, 0.717) is 0 Å². The lowest BCUT2D eigenvalue weighted by molar-refractivity contribution is -0.205. The average Bonchev–Trinajstić information content (AvgIpc) is 1.89. The molecule has 4 heteroatoms. The molecule has 0 amide bonds. The Morgan fingerprint density at radius 3 is 1.86 bits per heavy atom. The number of hydrogen-bond donors (Lipinski definition) is 0. The molecule has 0 N–H and O–H groups in total. The molecule has 0 fully saturated rings. The highest BCUT2D eigenvalue weighted by Crippen LogP contribution is 2.15. The van der Waals surface area contributed by atoms with Crippen LogP contribution in [0.15, 0.2) is 0 Å². The van der Waals surface area contributed by atoms with E-state index in [-0.39, 0.29) is 42.9 Å². The van der Waals surface area contributed by atoms with Gasteiger partial charge in [-0.3, -0.25) is 0 Å². The zero-order valence-corrected chi connectivity index (χ0v) is 6.19. The summed E-state index contributed by atoms with van der Waals surface area (Å²) in [6.07, 6.45) is 0.225. The fourth-order valence-corrected chi connectivity index (χ4v) is 0.298. The highest BCUT2D eigenvalue weighted by atomic mass is 19.2. The molecule has 0 aromatic carbocycles. The van der Waals surface area contributed by atoms with Gasteiger partial charge in [-0.2, -0.15) is 0 Å². The fraction of sp³-hybridized carbons (Fsp3) is 1.00. The van der Waals surface area contributed by atoms with Gasteiger partial charge in [0.25, 0.3) is 0 Å². The molecule has 1 unspecified atom stereocenters. The second-order valence-corrected chi connectivity index (χ2v) is 2.03. The molecular formula is C10H28F2O2. The van der Waals surface area contributed by atoms with Crippen LogP contribution in [0, 0.1) is 0 Å². The number of hydrogen-bond acceptors (Lipinski definition) is 2. The van der Waals surface area contributed by atoms with E-state index in [9.17, 15) is 8.78 Å². The second-order valence-electron chi connectivity index (χ2n) is 2.03. The molecule has 0 bridgehead atoms. The number of rotatable bonds is 5. The van der Waals surface area contributed by atoms with Crippen LogP contribution >= 0.6 is 0 Å². The van der Waals surface area contributed by atoms with E-state index in [1.54, 1.807) is 6.92 Å².